The quantitative estimate of drug-likeness (QED) is 0.425. The highest BCUT2D eigenvalue weighted by Gasteiger charge is 2.21. The van der Waals surface area contributed by atoms with E-state index in [1.54, 1.807) is 42.5 Å². The van der Waals surface area contributed by atoms with Crippen molar-refractivity contribution in [1.82, 2.24) is 0 Å². The van der Waals surface area contributed by atoms with E-state index in [1.807, 2.05) is 31.2 Å². The van der Waals surface area contributed by atoms with Crippen LogP contribution in [0.1, 0.15) is 15.9 Å². The Morgan fingerprint density at radius 3 is 2.39 bits per heavy atom. The van der Waals surface area contributed by atoms with Crippen LogP contribution in [0.15, 0.2) is 82.0 Å². The van der Waals surface area contributed by atoms with Crippen LogP contribution in [0.25, 0.3) is 22.3 Å². The van der Waals surface area contributed by atoms with Crippen LogP contribution in [0, 0.1) is 6.92 Å². The number of rotatable bonds is 3. The summed E-state index contributed by atoms with van der Waals surface area (Å²) in [5.41, 5.74) is 1.94. The monoisotopic (exact) mass is 390 g/mol. The third kappa shape index (κ3) is 3.42. The number of esters is 1. The zero-order valence-corrected chi connectivity index (χ0v) is 15.7. The number of carbonyl (C=O) groups is 1. The van der Waals surface area contributed by atoms with E-state index in [0.29, 0.717) is 21.7 Å². The summed E-state index contributed by atoms with van der Waals surface area (Å²) in [7, 11) is 0. The van der Waals surface area contributed by atoms with Crippen molar-refractivity contribution in [3.05, 3.63) is 99.2 Å². The van der Waals surface area contributed by atoms with Crippen molar-refractivity contribution >= 4 is 28.5 Å². The first-order valence-corrected chi connectivity index (χ1v) is 9.01. The van der Waals surface area contributed by atoms with Gasteiger partial charge >= 0.3 is 5.97 Å². The Kier molecular flexibility index (Phi) is 4.72. The molecule has 5 heteroatoms. The Bertz CT molecular complexity index is 1230. The molecular weight excluding hydrogens is 376 g/mol. The minimum atomic E-state index is -0.636. The van der Waals surface area contributed by atoms with Crippen LogP contribution in [0.5, 0.6) is 5.75 Å². The summed E-state index contributed by atoms with van der Waals surface area (Å²) in [5.74, 6) is -0.598. The van der Waals surface area contributed by atoms with Crippen LogP contribution in [0.4, 0.5) is 0 Å². The third-order valence-electron chi connectivity index (χ3n) is 4.33. The van der Waals surface area contributed by atoms with Gasteiger partial charge in [0.15, 0.2) is 5.76 Å². The van der Waals surface area contributed by atoms with Gasteiger partial charge in [-0.25, -0.2) is 4.79 Å². The summed E-state index contributed by atoms with van der Waals surface area (Å²) < 4.78 is 11.5. The number of carbonyl (C=O) groups excluding carboxylic acids is 1. The average Bonchev–Trinajstić information content (AvgIpc) is 2.71. The third-order valence-corrected chi connectivity index (χ3v) is 4.56. The Labute approximate surface area is 166 Å². The van der Waals surface area contributed by atoms with Crippen molar-refractivity contribution in [2.45, 2.75) is 6.92 Å². The van der Waals surface area contributed by atoms with E-state index in [4.69, 9.17) is 20.8 Å². The molecule has 138 valence electrons. The fraction of sp³-hybridized carbons (Fsp3) is 0.0435. The van der Waals surface area contributed by atoms with E-state index in [0.717, 1.165) is 5.56 Å². The molecule has 1 heterocycles. The van der Waals surface area contributed by atoms with Crippen molar-refractivity contribution in [2.75, 3.05) is 0 Å². The molecule has 1 aromatic heterocycles. The molecule has 0 aliphatic carbocycles. The first-order chi connectivity index (χ1) is 13.5. The van der Waals surface area contributed by atoms with Crippen molar-refractivity contribution in [3.8, 4) is 17.1 Å². The van der Waals surface area contributed by atoms with Gasteiger partial charge in [-0.05, 0) is 37.3 Å². The van der Waals surface area contributed by atoms with Crippen LogP contribution in [0.3, 0.4) is 0 Å². The largest absolute Gasteiger partial charge is 0.452 e. The molecule has 0 atom stereocenters. The Hall–Kier alpha value is -3.37. The molecule has 0 spiro atoms. The first kappa shape index (κ1) is 18.0. The number of benzene rings is 3. The van der Waals surface area contributed by atoms with Gasteiger partial charge in [-0.2, -0.15) is 0 Å². The zero-order valence-electron chi connectivity index (χ0n) is 14.9. The first-order valence-electron chi connectivity index (χ1n) is 8.63. The maximum atomic E-state index is 13.1. The lowest BCUT2D eigenvalue weighted by atomic mass is 10.1. The normalized spacial score (nSPS) is 10.8. The molecule has 4 aromatic rings. The van der Waals surface area contributed by atoms with Gasteiger partial charge in [0, 0.05) is 10.6 Å². The number of hydrogen-bond acceptors (Lipinski definition) is 4. The molecule has 28 heavy (non-hydrogen) atoms. The molecule has 0 bridgehead atoms. The van der Waals surface area contributed by atoms with Gasteiger partial charge in [0.1, 0.15) is 5.58 Å². The molecule has 0 unspecified atom stereocenters. The fourth-order valence-electron chi connectivity index (χ4n) is 2.86. The van der Waals surface area contributed by atoms with Gasteiger partial charge < -0.3 is 9.15 Å². The number of fused-ring (bicyclic) bond motifs is 1. The molecule has 0 aliphatic heterocycles. The van der Waals surface area contributed by atoms with Gasteiger partial charge in [0.25, 0.3) is 0 Å². The summed E-state index contributed by atoms with van der Waals surface area (Å²) in [6.45, 7) is 1.96. The summed E-state index contributed by atoms with van der Waals surface area (Å²) in [6.07, 6.45) is 0. The summed E-state index contributed by atoms with van der Waals surface area (Å²) in [6, 6.07) is 20.7. The maximum absolute atomic E-state index is 13.1. The number of aryl methyl sites for hydroxylation is 1. The number of halogens is 1. The number of ether oxygens (including phenoxy) is 1. The predicted octanol–water partition coefficient (Wildman–Crippen LogP) is 5.64. The van der Waals surface area contributed by atoms with Crippen LogP contribution in [0.2, 0.25) is 5.02 Å². The van der Waals surface area contributed by atoms with E-state index in [2.05, 4.69) is 0 Å². The molecule has 0 saturated heterocycles. The second-order valence-corrected chi connectivity index (χ2v) is 6.79. The van der Waals surface area contributed by atoms with Crippen molar-refractivity contribution < 1.29 is 13.9 Å². The predicted molar refractivity (Wildman–Crippen MR) is 109 cm³/mol. The van der Waals surface area contributed by atoms with Crippen molar-refractivity contribution in [3.63, 3.8) is 0 Å². The second kappa shape index (κ2) is 7.33. The lowest BCUT2D eigenvalue weighted by Gasteiger charge is -2.11. The standard InChI is InChI=1S/C23H15ClO4/c1-14-7-9-15(10-8-14)21-22(28-23(26)16-5-3-2-4-6-16)20(25)18-13-17(24)11-12-19(18)27-21/h2-13H,1H3. The minimum Gasteiger partial charge on any atom is -0.452 e. The molecule has 0 saturated carbocycles. The SMILES string of the molecule is Cc1ccc(-c2oc3ccc(Cl)cc3c(=O)c2OC(=O)c2ccccc2)cc1. The van der Waals surface area contributed by atoms with E-state index in [1.165, 1.54) is 6.07 Å². The lowest BCUT2D eigenvalue weighted by Crippen LogP contribution is -2.16. The molecule has 4 rings (SSSR count). The van der Waals surface area contributed by atoms with Gasteiger partial charge in [-0.15, -0.1) is 0 Å². The van der Waals surface area contributed by atoms with Gasteiger partial charge in [-0.1, -0.05) is 59.6 Å². The van der Waals surface area contributed by atoms with E-state index in [9.17, 15) is 9.59 Å². The van der Waals surface area contributed by atoms with E-state index < -0.39 is 11.4 Å². The van der Waals surface area contributed by atoms with Crippen molar-refractivity contribution in [2.24, 2.45) is 0 Å². The average molecular weight is 391 g/mol. The smallest absolute Gasteiger partial charge is 0.343 e. The van der Waals surface area contributed by atoms with Gasteiger partial charge in [-0.3, -0.25) is 4.79 Å². The van der Waals surface area contributed by atoms with E-state index >= 15 is 0 Å². The highest BCUT2D eigenvalue weighted by atomic mass is 35.5. The highest BCUT2D eigenvalue weighted by Crippen LogP contribution is 2.32. The minimum absolute atomic E-state index is 0.160. The van der Waals surface area contributed by atoms with Gasteiger partial charge in [0.05, 0.1) is 10.9 Å². The zero-order chi connectivity index (χ0) is 19.7. The maximum Gasteiger partial charge on any atom is 0.343 e. The lowest BCUT2D eigenvalue weighted by molar-refractivity contribution is 0.0731. The Balaban J connectivity index is 1.92. The Morgan fingerprint density at radius 2 is 1.68 bits per heavy atom. The van der Waals surface area contributed by atoms with Crippen molar-refractivity contribution in [1.29, 1.82) is 0 Å². The fourth-order valence-corrected chi connectivity index (χ4v) is 3.04. The molecule has 0 amide bonds. The summed E-state index contributed by atoms with van der Waals surface area (Å²) in [4.78, 5) is 25.7. The molecule has 0 N–H and O–H groups in total. The van der Waals surface area contributed by atoms with Crippen LogP contribution < -0.4 is 10.2 Å². The number of hydrogen-bond donors (Lipinski definition) is 0. The van der Waals surface area contributed by atoms with Crippen LogP contribution >= 0.6 is 11.6 Å². The molecule has 0 radical (unpaired) electrons. The Morgan fingerprint density at radius 1 is 0.964 bits per heavy atom. The molecule has 0 aliphatic rings. The molecule has 4 nitrogen and oxygen atoms in total. The second-order valence-electron chi connectivity index (χ2n) is 6.35. The summed E-state index contributed by atoms with van der Waals surface area (Å²) in [5, 5.41) is 0.641. The highest BCUT2D eigenvalue weighted by molar-refractivity contribution is 6.31. The van der Waals surface area contributed by atoms with Crippen LogP contribution in [-0.2, 0) is 0 Å². The molecule has 0 fully saturated rings. The molecule has 3 aromatic carbocycles. The topological polar surface area (TPSA) is 56.5 Å². The summed E-state index contributed by atoms with van der Waals surface area (Å²) >= 11 is 6.03. The van der Waals surface area contributed by atoms with E-state index in [-0.39, 0.29) is 16.9 Å². The van der Waals surface area contributed by atoms with Crippen LogP contribution in [-0.4, -0.2) is 5.97 Å². The molecular formula is C23H15ClO4. The van der Waals surface area contributed by atoms with Gasteiger partial charge in [0.2, 0.25) is 11.2 Å².